The van der Waals surface area contributed by atoms with Crippen LogP contribution in [0, 0.1) is 17.5 Å². The number of anilines is 1. The van der Waals surface area contributed by atoms with Gasteiger partial charge >= 0.3 is 6.01 Å². The van der Waals surface area contributed by atoms with Crippen LogP contribution in [0.1, 0.15) is 32.1 Å². The molecule has 4 aliphatic rings. The predicted molar refractivity (Wildman–Crippen MR) is 178 cm³/mol. The number of rotatable bonds is 8. The highest BCUT2D eigenvalue weighted by Crippen LogP contribution is 2.41. The van der Waals surface area contributed by atoms with Crippen molar-refractivity contribution < 1.29 is 27.1 Å². The molecule has 4 atom stereocenters. The van der Waals surface area contributed by atoms with E-state index in [0.717, 1.165) is 38.4 Å². The second-order valence-corrected chi connectivity index (χ2v) is 13.7. The third-order valence-corrected chi connectivity index (χ3v) is 10.8. The molecular formula is C36H37F4N7O2. The summed E-state index contributed by atoms with van der Waals surface area (Å²) in [6.07, 6.45) is 7.71. The van der Waals surface area contributed by atoms with E-state index in [4.69, 9.17) is 9.72 Å². The van der Waals surface area contributed by atoms with Crippen LogP contribution in [0.2, 0.25) is 0 Å². The molecule has 6 heterocycles. The van der Waals surface area contributed by atoms with Gasteiger partial charge in [-0.25, -0.2) is 17.6 Å². The summed E-state index contributed by atoms with van der Waals surface area (Å²) in [6, 6.07) is 7.21. The highest BCUT2D eigenvalue weighted by atomic mass is 19.2. The Bertz CT molecular complexity index is 1970. The second kappa shape index (κ2) is 12.5. The summed E-state index contributed by atoms with van der Waals surface area (Å²) in [6.45, 7) is 3.21. The fourth-order valence-corrected chi connectivity index (χ4v) is 7.91. The fraction of sp³-hybridized carbons (Fsp3) is 0.444. The highest BCUT2D eigenvalue weighted by molar-refractivity contribution is 5.99. The number of hydrogen-bond donors (Lipinski definition) is 1. The lowest BCUT2D eigenvalue weighted by atomic mass is 9.95. The number of fused-ring (bicyclic) bond motifs is 3. The molecule has 0 spiro atoms. The Morgan fingerprint density at radius 1 is 1.12 bits per heavy atom. The maximum atomic E-state index is 16.7. The van der Waals surface area contributed by atoms with Crippen LogP contribution in [0.3, 0.4) is 0 Å². The third-order valence-electron chi connectivity index (χ3n) is 10.8. The van der Waals surface area contributed by atoms with Gasteiger partial charge in [0.25, 0.3) is 0 Å². The molecule has 49 heavy (non-hydrogen) atoms. The SMILES string of the molecule is CN(c1nc(OC[C@@]23CCCN2C[C@H](F)C3)nc2c(F)c(-c3cccc4ccc(F)c(F)c34)ncc12)[C@@H]1CCN(C(=O)/C=C/[C@@H]2CCN2)C1. The van der Waals surface area contributed by atoms with E-state index in [1.807, 2.05) is 18.0 Å². The second-order valence-electron chi connectivity index (χ2n) is 13.7. The minimum absolute atomic E-state index is 0.0691. The topological polar surface area (TPSA) is 86.7 Å². The van der Waals surface area contributed by atoms with Crippen molar-refractivity contribution in [3.63, 3.8) is 0 Å². The molecule has 0 unspecified atom stereocenters. The van der Waals surface area contributed by atoms with Gasteiger partial charge in [-0.15, -0.1) is 0 Å². The number of benzene rings is 2. The van der Waals surface area contributed by atoms with Crippen molar-refractivity contribution in [1.82, 2.24) is 30.1 Å². The minimum atomic E-state index is -1.09. The fourth-order valence-electron chi connectivity index (χ4n) is 7.91. The average molecular weight is 676 g/mol. The van der Waals surface area contributed by atoms with Crippen LogP contribution >= 0.6 is 0 Å². The van der Waals surface area contributed by atoms with Gasteiger partial charge in [0.05, 0.1) is 10.9 Å². The molecule has 4 saturated heterocycles. The van der Waals surface area contributed by atoms with Gasteiger partial charge in [-0.3, -0.25) is 14.7 Å². The van der Waals surface area contributed by atoms with E-state index in [1.165, 1.54) is 18.3 Å². The summed E-state index contributed by atoms with van der Waals surface area (Å²) in [5.41, 5.74) is -0.683. The summed E-state index contributed by atoms with van der Waals surface area (Å²) >= 11 is 0. The number of likely N-dealkylation sites (tertiary alicyclic amines) is 1. The monoisotopic (exact) mass is 675 g/mol. The van der Waals surface area contributed by atoms with Crippen molar-refractivity contribution in [2.45, 2.75) is 55.9 Å². The predicted octanol–water partition coefficient (Wildman–Crippen LogP) is 5.17. The molecule has 2 aromatic heterocycles. The Balaban J connectivity index is 1.17. The zero-order chi connectivity index (χ0) is 33.9. The van der Waals surface area contributed by atoms with E-state index in [0.29, 0.717) is 49.1 Å². The van der Waals surface area contributed by atoms with Gasteiger partial charge in [0.2, 0.25) is 5.91 Å². The van der Waals surface area contributed by atoms with Crippen molar-refractivity contribution in [1.29, 1.82) is 0 Å². The Morgan fingerprint density at radius 2 is 1.98 bits per heavy atom. The maximum Gasteiger partial charge on any atom is 0.319 e. The van der Waals surface area contributed by atoms with Crippen LogP contribution in [-0.4, -0.2) is 101 Å². The molecule has 1 N–H and O–H groups in total. The number of ether oxygens (including phenoxy) is 1. The molecule has 1 amide bonds. The number of hydrogen-bond acceptors (Lipinski definition) is 8. The molecule has 0 saturated carbocycles. The van der Waals surface area contributed by atoms with Gasteiger partial charge in [0.1, 0.15) is 29.8 Å². The number of halogens is 4. The minimum Gasteiger partial charge on any atom is -0.461 e. The van der Waals surface area contributed by atoms with Gasteiger partial charge in [-0.05, 0) is 50.2 Å². The number of carbonyl (C=O) groups is 1. The van der Waals surface area contributed by atoms with Gasteiger partial charge in [0, 0.05) is 68.4 Å². The molecule has 4 aromatic rings. The molecule has 256 valence electrons. The quantitative estimate of drug-likeness (QED) is 0.202. The lowest BCUT2D eigenvalue weighted by Gasteiger charge is -2.31. The Labute approximate surface area is 280 Å². The molecule has 9 nitrogen and oxygen atoms in total. The normalized spacial score (nSPS) is 25.4. The number of likely N-dealkylation sites (N-methyl/N-ethyl adjacent to an activating group) is 1. The summed E-state index contributed by atoms with van der Waals surface area (Å²) in [5, 5.41) is 3.86. The van der Waals surface area contributed by atoms with E-state index in [-0.39, 0.29) is 52.8 Å². The highest BCUT2D eigenvalue weighted by Gasteiger charge is 2.49. The summed E-state index contributed by atoms with van der Waals surface area (Å²) in [7, 11) is 1.83. The van der Waals surface area contributed by atoms with Gasteiger partial charge in [-0.2, -0.15) is 9.97 Å². The Hall–Kier alpha value is -4.36. The van der Waals surface area contributed by atoms with Crippen molar-refractivity contribution in [2.24, 2.45) is 0 Å². The summed E-state index contributed by atoms with van der Waals surface area (Å²) < 4.78 is 66.9. The molecule has 0 aliphatic carbocycles. The van der Waals surface area contributed by atoms with Crippen molar-refractivity contribution >= 4 is 33.4 Å². The molecule has 13 heteroatoms. The molecule has 4 fully saturated rings. The largest absolute Gasteiger partial charge is 0.461 e. The van der Waals surface area contributed by atoms with Crippen molar-refractivity contribution in [3.8, 4) is 17.3 Å². The van der Waals surface area contributed by atoms with Crippen LogP contribution < -0.4 is 15.0 Å². The molecule has 4 aliphatic heterocycles. The van der Waals surface area contributed by atoms with Gasteiger partial charge in [-0.1, -0.05) is 30.3 Å². The maximum absolute atomic E-state index is 16.7. The van der Waals surface area contributed by atoms with Crippen LogP contribution in [0.25, 0.3) is 32.9 Å². The number of alkyl halides is 1. The van der Waals surface area contributed by atoms with Crippen molar-refractivity contribution in [3.05, 3.63) is 66.1 Å². The number of carbonyl (C=O) groups excluding carboxylic acids is 1. The van der Waals surface area contributed by atoms with E-state index < -0.39 is 29.2 Å². The van der Waals surface area contributed by atoms with Gasteiger partial charge in [0.15, 0.2) is 17.5 Å². The smallest absolute Gasteiger partial charge is 0.319 e. The third kappa shape index (κ3) is 5.66. The first-order valence-corrected chi connectivity index (χ1v) is 16.9. The average Bonchev–Trinajstić information content (AvgIpc) is 3.79. The molecule has 8 rings (SSSR count). The van der Waals surface area contributed by atoms with E-state index in [1.54, 1.807) is 23.1 Å². The Kier molecular flexibility index (Phi) is 8.14. The van der Waals surface area contributed by atoms with Crippen LogP contribution in [0.5, 0.6) is 6.01 Å². The first kappa shape index (κ1) is 31.9. The molecule has 0 bridgehead atoms. The summed E-state index contributed by atoms with van der Waals surface area (Å²) in [4.78, 5) is 32.4. The van der Waals surface area contributed by atoms with Crippen LogP contribution in [0.15, 0.2) is 48.7 Å². The van der Waals surface area contributed by atoms with E-state index in [9.17, 15) is 13.6 Å². The Morgan fingerprint density at radius 3 is 2.80 bits per heavy atom. The zero-order valence-corrected chi connectivity index (χ0v) is 27.1. The number of amides is 1. The lowest BCUT2D eigenvalue weighted by Crippen LogP contribution is -2.43. The first-order valence-electron chi connectivity index (χ1n) is 16.9. The molecular weight excluding hydrogens is 638 g/mol. The summed E-state index contributed by atoms with van der Waals surface area (Å²) in [5.74, 6) is -2.69. The van der Waals surface area contributed by atoms with Crippen LogP contribution in [0.4, 0.5) is 23.4 Å². The van der Waals surface area contributed by atoms with Crippen LogP contribution in [-0.2, 0) is 4.79 Å². The van der Waals surface area contributed by atoms with Gasteiger partial charge < -0.3 is 19.9 Å². The van der Waals surface area contributed by atoms with E-state index >= 15 is 8.78 Å². The number of pyridine rings is 1. The molecule has 2 aromatic carbocycles. The standard InChI is InChI=1S/C36H37F4N7O2/c1-45(24-11-15-46(19-24)28(48)9-7-23-10-13-41-23)34-26-17-42-32(25-5-2-4-21-6-8-27(38)30(39)29(21)25)31(40)33(26)43-35(44-34)49-20-36-12-3-14-47(36)18-22(37)16-36/h2,4-9,17,22-24,41H,3,10-16,18-20H2,1H3/b9-7+/t22-,23-,24-,36+/m1/s1. The number of aromatic nitrogens is 3. The number of nitrogens with one attached hydrogen (secondary N) is 1. The number of nitrogens with zero attached hydrogens (tertiary/aromatic N) is 6. The first-order chi connectivity index (χ1) is 23.7. The zero-order valence-electron chi connectivity index (χ0n) is 27.1. The molecule has 0 radical (unpaired) electrons. The van der Waals surface area contributed by atoms with E-state index in [2.05, 4.69) is 20.2 Å². The van der Waals surface area contributed by atoms with Crippen molar-refractivity contribution in [2.75, 3.05) is 51.3 Å². The lowest BCUT2D eigenvalue weighted by molar-refractivity contribution is -0.125.